The van der Waals surface area contributed by atoms with Crippen LogP contribution in [0, 0.1) is 10.1 Å². The monoisotopic (exact) mass is 336 g/mol. The Kier molecular flexibility index (Phi) is 3.35. The standard InChI is InChI=1S/C14H6Cl2N2O4/c15-10-5-7(18(21)22)6-11(16)12(10)17-13(19)8-3-1-2-4-9(8)14(17)20/h1-6H. The van der Waals surface area contributed by atoms with E-state index in [0.29, 0.717) is 0 Å². The van der Waals surface area contributed by atoms with Crippen LogP contribution in [0.5, 0.6) is 0 Å². The molecule has 0 fully saturated rings. The SMILES string of the molecule is O=C1c2ccccc2C(=O)N1c1c(Cl)cc([N+](=O)[O-])cc1Cl. The number of nitro groups is 1. The van der Waals surface area contributed by atoms with E-state index < -0.39 is 16.7 Å². The maximum absolute atomic E-state index is 12.4. The number of fused-ring (bicyclic) bond motifs is 1. The normalized spacial score (nSPS) is 13.5. The summed E-state index contributed by atoms with van der Waals surface area (Å²) >= 11 is 12.0. The van der Waals surface area contributed by atoms with Gasteiger partial charge < -0.3 is 0 Å². The van der Waals surface area contributed by atoms with Crippen LogP contribution < -0.4 is 4.90 Å². The maximum atomic E-state index is 12.4. The summed E-state index contributed by atoms with van der Waals surface area (Å²) in [5.74, 6) is -1.14. The third kappa shape index (κ3) is 2.04. The van der Waals surface area contributed by atoms with Gasteiger partial charge in [-0.25, -0.2) is 4.90 Å². The number of carbonyl (C=O) groups excluding carboxylic acids is 2. The fraction of sp³-hybridized carbons (Fsp3) is 0. The molecule has 2 aromatic rings. The van der Waals surface area contributed by atoms with E-state index in [9.17, 15) is 19.7 Å². The highest BCUT2D eigenvalue weighted by Crippen LogP contribution is 2.40. The molecule has 0 bridgehead atoms. The number of nitro benzene ring substituents is 1. The van der Waals surface area contributed by atoms with E-state index in [1.807, 2.05) is 0 Å². The Balaban J connectivity index is 2.16. The molecule has 110 valence electrons. The molecule has 0 radical (unpaired) electrons. The molecule has 6 nitrogen and oxygen atoms in total. The van der Waals surface area contributed by atoms with Crippen molar-refractivity contribution >= 4 is 46.4 Å². The number of benzene rings is 2. The zero-order chi connectivity index (χ0) is 16.0. The van der Waals surface area contributed by atoms with E-state index in [-0.39, 0.29) is 32.5 Å². The first-order valence-electron chi connectivity index (χ1n) is 6.03. The van der Waals surface area contributed by atoms with Crippen LogP contribution in [0.25, 0.3) is 0 Å². The van der Waals surface area contributed by atoms with Crippen LogP contribution in [0.2, 0.25) is 10.0 Å². The topological polar surface area (TPSA) is 80.5 Å². The summed E-state index contributed by atoms with van der Waals surface area (Å²) in [5.41, 5.74) is 0.0893. The Bertz CT molecular complexity index is 792. The lowest BCUT2D eigenvalue weighted by Crippen LogP contribution is -2.30. The molecule has 3 rings (SSSR count). The molecule has 1 heterocycles. The Labute approximate surface area is 134 Å². The average molecular weight is 337 g/mol. The predicted molar refractivity (Wildman–Crippen MR) is 80.7 cm³/mol. The van der Waals surface area contributed by atoms with Gasteiger partial charge in [0.15, 0.2) is 0 Å². The van der Waals surface area contributed by atoms with Gasteiger partial charge in [0, 0.05) is 12.1 Å². The molecule has 22 heavy (non-hydrogen) atoms. The van der Waals surface area contributed by atoms with E-state index in [2.05, 4.69) is 0 Å². The van der Waals surface area contributed by atoms with Crippen molar-refractivity contribution < 1.29 is 14.5 Å². The number of imide groups is 1. The van der Waals surface area contributed by atoms with Crippen molar-refractivity contribution in [2.45, 2.75) is 0 Å². The minimum absolute atomic E-state index is 0.0554. The third-order valence-electron chi connectivity index (χ3n) is 3.23. The second-order valence-corrected chi connectivity index (χ2v) is 5.32. The minimum atomic E-state index is -0.663. The molecule has 1 aliphatic heterocycles. The summed E-state index contributed by atoms with van der Waals surface area (Å²) < 4.78 is 0. The van der Waals surface area contributed by atoms with Crippen LogP contribution in [0.4, 0.5) is 11.4 Å². The number of halogens is 2. The molecular weight excluding hydrogens is 331 g/mol. The summed E-state index contributed by atoms with van der Waals surface area (Å²) in [6, 6.07) is 8.39. The van der Waals surface area contributed by atoms with Gasteiger partial charge in [0.05, 0.1) is 31.8 Å². The van der Waals surface area contributed by atoms with E-state index in [1.165, 1.54) is 12.1 Å². The van der Waals surface area contributed by atoms with Gasteiger partial charge in [-0.15, -0.1) is 0 Å². The van der Waals surface area contributed by atoms with E-state index in [1.54, 1.807) is 12.1 Å². The van der Waals surface area contributed by atoms with Crippen LogP contribution in [-0.4, -0.2) is 16.7 Å². The van der Waals surface area contributed by atoms with Gasteiger partial charge in [-0.1, -0.05) is 35.3 Å². The fourth-order valence-corrected chi connectivity index (χ4v) is 2.91. The second kappa shape index (κ2) is 5.08. The summed E-state index contributed by atoms with van der Waals surface area (Å²) in [5, 5.41) is 10.5. The molecule has 0 aromatic heterocycles. The van der Waals surface area contributed by atoms with Crippen LogP contribution in [-0.2, 0) is 0 Å². The summed E-state index contributed by atoms with van der Waals surface area (Å²) in [6.07, 6.45) is 0. The zero-order valence-corrected chi connectivity index (χ0v) is 12.3. The minimum Gasteiger partial charge on any atom is -0.268 e. The van der Waals surface area contributed by atoms with Gasteiger partial charge in [0.1, 0.15) is 0 Å². The Morgan fingerprint density at radius 3 is 1.82 bits per heavy atom. The van der Waals surface area contributed by atoms with Crippen molar-refractivity contribution in [3.63, 3.8) is 0 Å². The van der Waals surface area contributed by atoms with Crippen molar-refractivity contribution in [2.24, 2.45) is 0 Å². The molecule has 0 N–H and O–H groups in total. The summed E-state index contributed by atoms with van der Waals surface area (Å²) in [7, 11) is 0. The van der Waals surface area contributed by atoms with Crippen LogP contribution in [0.1, 0.15) is 20.7 Å². The quantitative estimate of drug-likeness (QED) is 0.475. The largest absolute Gasteiger partial charge is 0.272 e. The first kappa shape index (κ1) is 14.5. The summed E-state index contributed by atoms with van der Waals surface area (Å²) in [4.78, 5) is 35.7. The first-order chi connectivity index (χ1) is 10.4. The van der Waals surface area contributed by atoms with Gasteiger partial charge in [0.2, 0.25) is 0 Å². The maximum Gasteiger partial charge on any atom is 0.272 e. The number of rotatable bonds is 2. The molecule has 0 atom stereocenters. The second-order valence-electron chi connectivity index (χ2n) is 4.51. The predicted octanol–water partition coefficient (Wildman–Crippen LogP) is 3.70. The first-order valence-corrected chi connectivity index (χ1v) is 6.78. The lowest BCUT2D eigenvalue weighted by Gasteiger charge is -2.17. The Morgan fingerprint density at radius 1 is 0.955 bits per heavy atom. The van der Waals surface area contributed by atoms with Crippen LogP contribution >= 0.6 is 23.2 Å². The lowest BCUT2D eigenvalue weighted by molar-refractivity contribution is -0.384. The van der Waals surface area contributed by atoms with Crippen LogP contribution in [0.15, 0.2) is 36.4 Å². The lowest BCUT2D eigenvalue weighted by atomic mass is 10.1. The number of amides is 2. The van der Waals surface area contributed by atoms with Gasteiger partial charge in [-0.05, 0) is 12.1 Å². The molecule has 2 aromatic carbocycles. The molecule has 2 amide bonds. The molecular formula is C14H6Cl2N2O4. The highest BCUT2D eigenvalue weighted by atomic mass is 35.5. The highest BCUT2D eigenvalue weighted by molar-refractivity contribution is 6.44. The number of non-ortho nitro benzene ring substituents is 1. The molecule has 0 saturated heterocycles. The number of hydrogen-bond acceptors (Lipinski definition) is 4. The molecule has 0 spiro atoms. The van der Waals surface area contributed by atoms with Gasteiger partial charge in [-0.3, -0.25) is 19.7 Å². The Hall–Kier alpha value is -2.44. The van der Waals surface area contributed by atoms with Crippen molar-refractivity contribution in [3.05, 3.63) is 67.7 Å². The van der Waals surface area contributed by atoms with Crippen molar-refractivity contribution in [2.75, 3.05) is 4.90 Å². The zero-order valence-electron chi connectivity index (χ0n) is 10.7. The third-order valence-corrected chi connectivity index (χ3v) is 3.81. The van der Waals surface area contributed by atoms with E-state index >= 15 is 0 Å². The van der Waals surface area contributed by atoms with Crippen molar-refractivity contribution in [1.82, 2.24) is 0 Å². The molecule has 0 unspecified atom stereocenters. The van der Waals surface area contributed by atoms with E-state index in [0.717, 1.165) is 17.0 Å². The van der Waals surface area contributed by atoms with Crippen molar-refractivity contribution in [3.8, 4) is 0 Å². The number of hydrogen-bond donors (Lipinski definition) is 0. The summed E-state index contributed by atoms with van der Waals surface area (Å²) in [6.45, 7) is 0. The van der Waals surface area contributed by atoms with Gasteiger partial charge in [-0.2, -0.15) is 0 Å². The molecule has 8 heteroatoms. The van der Waals surface area contributed by atoms with E-state index in [4.69, 9.17) is 23.2 Å². The molecule has 1 aliphatic rings. The number of nitrogens with zero attached hydrogens (tertiary/aromatic N) is 2. The Morgan fingerprint density at radius 2 is 1.41 bits per heavy atom. The smallest absolute Gasteiger partial charge is 0.268 e. The van der Waals surface area contributed by atoms with Crippen LogP contribution in [0.3, 0.4) is 0 Å². The number of carbonyl (C=O) groups is 2. The highest BCUT2D eigenvalue weighted by Gasteiger charge is 2.38. The average Bonchev–Trinajstić information content (AvgIpc) is 2.72. The van der Waals surface area contributed by atoms with Gasteiger partial charge >= 0.3 is 0 Å². The molecule has 0 aliphatic carbocycles. The number of anilines is 1. The van der Waals surface area contributed by atoms with Gasteiger partial charge in [0.25, 0.3) is 17.5 Å². The van der Waals surface area contributed by atoms with Crippen molar-refractivity contribution in [1.29, 1.82) is 0 Å². The molecule has 0 saturated carbocycles. The fourth-order valence-electron chi connectivity index (χ4n) is 2.26.